The topological polar surface area (TPSA) is 50.8 Å². The standard InChI is InChI=1S/C11H16F8O4S/c1-2-3-6-21-7-4-5-8(12,13)9(14,15)10(16,17)11(18,19)24-23-22-20/h20H,2-7H2,1H3/p-1. The lowest BCUT2D eigenvalue weighted by atomic mass is 10.0. The molecule has 146 valence electrons. The highest BCUT2D eigenvalue weighted by molar-refractivity contribution is 7.95. The van der Waals surface area contributed by atoms with Crippen LogP contribution in [0.3, 0.4) is 0 Å². The largest absolute Gasteiger partial charge is 0.691 e. The molecule has 0 aliphatic heterocycles. The Morgan fingerprint density at radius 1 is 0.875 bits per heavy atom. The maximum atomic E-state index is 13.4. The van der Waals surface area contributed by atoms with Crippen LogP contribution in [-0.4, -0.2) is 36.2 Å². The molecule has 0 aliphatic carbocycles. The number of unbranched alkanes of at least 4 members (excludes halogenated alkanes) is 1. The summed E-state index contributed by atoms with van der Waals surface area (Å²) in [5.41, 5.74) is 0. The molecule has 0 bridgehead atoms. The van der Waals surface area contributed by atoms with E-state index >= 15 is 0 Å². The Bertz CT molecular complexity index is 370. The second-order valence-electron chi connectivity index (χ2n) is 4.66. The van der Waals surface area contributed by atoms with Crippen molar-refractivity contribution in [3.05, 3.63) is 0 Å². The lowest BCUT2D eigenvalue weighted by molar-refractivity contribution is -0.777. The zero-order valence-corrected chi connectivity index (χ0v) is 13.1. The van der Waals surface area contributed by atoms with E-state index in [1.165, 1.54) is 0 Å². The molecule has 0 N–H and O–H groups in total. The van der Waals surface area contributed by atoms with Gasteiger partial charge in [0.15, 0.2) is 0 Å². The average molecular weight is 395 g/mol. The highest BCUT2D eigenvalue weighted by Gasteiger charge is 2.81. The van der Waals surface area contributed by atoms with Crippen molar-refractivity contribution >= 4 is 12.0 Å². The van der Waals surface area contributed by atoms with Crippen molar-refractivity contribution in [3.8, 4) is 0 Å². The number of alkyl halides is 8. The molecule has 0 atom stereocenters. The van der Waals surface area contributed by atoms with Gasteiger partial charge in [0.25, 0.3) is 0 Å². The first-order valence-electron chi connectivity index (χ1n) is 6.60. The molecule has 0 heterocycles. The fourth-order valence-electron chi connectivity index (χ4n) is 1.42. The minimum Gasteiger partial charge on any atom is -0.691 e. The van der Waals surface area contributed by atoms with E-state index in [1.54, 1.807) is 6.92 Å². The lowest BCUT2D eigenvalue weighted by Gasteiger charge is -2.35. The van der Waals surface area contributed by atoms with Crippen LogP contribution in [0, 0.1) is 0 Å². The van der Waals surface area contributed by atoms with Crippen molar-refractivity contribution in [2.75, 3.05) is 13.2 Å². The van der Waals surface area contributed by atoms with Crippen LogP contribution in [0.4, 0.5) is 35.1 Å². The van der Waals surface area contributed by atoms with Gasteiger partial charge >= 0.3 is 23.0 Å². The fraction of sp³-hybridized carbons (Fsp3) is 1.00. The van der Waals surface area contributed by atoms with Gasteiger partial charge in [0.05, 0.1) is 0 Å². The first-order valence-corrected chi connectivity index (χ1v) is 7.35. The van der Waals surface area contributed by atoms with Gasteiger partial charge in [-0.25, -0.2) is 0 Å². The molecule has 0 spiro atoms. The zero-order valence-electron chi connectivity index (χ0n) is 12.3. The molecule has 0 saturated heterocycles. The maximum Gasteiger partial charge on any atom is 0.390 e. The van der Waals surface area contributed by atoms with Gasteiger partial charge in [-0.3, -0.25) is 5.04 Å². The summed E-state index contributed by atoms with van der Waals surface area (Å²) >= 11 is -1.79. The molecular weight excluding hydrogens is 380 g/mol. The first kappa shape index (κ1) is 23.6. The molecule has 24 heavy (non-hydrogen) atoms. The monoisotopic (exact) mass is 395 g/mol. The van der Waals surface area contributed by atoms with Gasteiger partial charge in [-0.15, -0.1) is 0 Å². The molecule has 0 aliphatic rings. The van der Waals surface area contributed by atoms with Gasteiger partial charge in [-0.1, -0.05) is 13.3 Å². The van der Waals surface area contributed by atoms with E-state index in [1.807, 2.05) is 0 Å². The molecule has 0 rings (SSSR count). The molecule has 0 aromatic heterocycles. The Morgan fingerprint density at radius 3 is 1.92 bits per heavy atom. The van der Waals surface area contributed by atoms with E-state index < -0.39 is 54.5 Å². The molecule has 4 nitrogen and oxygen atoms in total. The van der Waals surface area contributed by atoms with Crippen LogP contribution < -0.4 is 5.26 Å². The SMILES string of the molecule is CCCCOCCCC(F)(F)C(F)(F)C(F)(F)C(F)(F)SOO[O-]. The van der Waals surface area contributed by atoms with Crippen LogP contribution in [0.15, 0.2) is 0 Å². The second-order valence-corrected chi connectivity index (χ2v) is 5.47. The van der Waals surface area contributed by atoms with E-state index in [0.717, 1.165) is 6.42 Å². The highest BCUT2D eigenvalue weighted by atomic mass is 32.2. The molecule has 0 amide bonds. The molecule has 13 heteroatoms. The van der Waals surface area contributed by atoms with Crippen LogP contribution in [0.1, 0.15) is 32.6 Å². The first-order chi connectivity index (χ1) is 10.9. The molecule has 0 saturated carbocycles. The lowest BCUT2D eigenvalue weighted by Crippen LogP contribution is -2.61. The van der Waals surface area contributed by atoms with Crippen LogP contribution in [0.5, 0.6) is 0 Å². The second kappa shape index (κ2) is 9.36. The average Bonchev–Trinajstić information content (AvgIpc) is 2.48. The van der Waals surface area contributed by atoms with Gasteiger partial charge in [-0.05, 0) is 12.8 Å². The molecular formula is C11H15F8O4S-. The van der Waals surface area contributed by atoms with E-state index in [4.69, 9.17) is 4.74 Å². The number of hydrogen-bond donors (Lipinski definition) is 0. The predicted molar refractivity (Wildman–Crippen MR) is 64.5 cm³/mol. The van der Waals surface area contributed by atoms with Gasteiger partial charge in [-0.2, -0.15) is 39.5 Å². The van der Waals surface area contributed by atoms with Gasteiger partial charge in [0, 0.05) is 19.6 Å². The quantitative estimate of drug-likeness (QED) is 0.155. The number of rotatable bonds is 13. The molecule has 0 radical (unpaired) electrons. The summed E-state index contributed by atoms with van der Waals surface area (Å²) in [6.07, 6.45) is -1.25. The Balaban J connectivity index is 4.90. The van der Waals surface area contributed by atoms with E-state index in [9.17, 15) is 40.4 Å². The highest BCUT2D eigenvalue weighted by Crippen LogP contribution is 2.57. The number of hydrogen-bond acceptors (Lipinski definition) is 5. The molecule has 0 aromatic rings. The Labute approximate surface area is 136 Å². The smallest absolute Gasteiger partial charge is 0.390 e. The van der Waals surface area contributed by atoms with Crippen molar-refractivity contribution in [1.29, 1.82) is 0 Å². The zero-order chi connectivity index (χ0) is 19.1. The Morgan fingerprint density at radius 2 is 1.42 bits per heavy atom. The van der Waals surface area contributed by atoms with Crippen molar-refractivity contribution in [3.63, 3.8) is 0 Å². The summed E-state index contributed by atoms with van der Waals surface area (Å²) < 4.78 is 113. The molecule has 0 fully saturated rings. The summed E-state index contributed by atoms with van der Waals surface area (Å²) in [6.45, 7) is 1.55. The van der Waals surface area contributed by atoms with Gasteiger partial charge < -0.3 is 9.99 Å². The maximum absolute atomic E-state index is 13.4. The van der Waals surface area contributed by atoms with Gasteiger partial charge in [0.1, 0.15) is 12.0 Å². The van der Waals surface area contributed by atoms with E-state index in [2.05, 4.69) is 9.37 Å². The molecule has 0 aromatic carbocycles. The minimum absolute atomic E-state index is 0.163. The van der Waals surface area contributed by atoms with Gasteiger partial charge in [0.2, 0.25) is 0 Å². The number of halogens is 8. The van der Waals surface area contributed by atoms with Crippen molar-refractivity contribution in [2.24, 2.45) is 0 Å². The predicted octanol–water partition coefficient (Wildman–Crippen LogP) is 3.95. The number of ether oxygens (including phenoxy) is 1. The summed E-state index contributed by atoms with van der Waals surface area (Å²) in [5.74, 6) is -18.4. The fourth-order valence-corrected chi connectivity index (χ4v) is 1.77. The van der Waals surface area contributed by atoms with Crippen molar-refractivity contribution in [2.45, 2.75) is 55.6 Å². The van der Waals surface area contributed by atoms with Crippen LogP contribution >= 0.6 is 12.0 Å². The Kier molecular flexibility index (Phi) is 9.22. The van der Waals surface area contributed by atoms with Crippen LogP contribution in [-0.2, 0) is 14.1 Å². The third-order valence-electron chi connectivity index (χ3n) is 2.81. The normalized spacial score (nSPS) is 14.2. The van der Waals surface area contributed by atoms with E-state index in [0.29, 0.717) is 6.42 Å². The summed E-state index contributed by atoms with van der Waals surface area (Å²) in [4.78, 5) is 0. The van der Waals surface area contributed by atoms with Crippen molar-refractivity contribution in [1.82, 2.24) is 0 Å². The Hall–Kier alpha value is -0.370. The summed E-state index contributed by atoms with van der Waals surface area (Å²) in [5, 5.41) is 5.82. The third kappa shape index (κ3) is 5.58. The molecule has 0 unspecified atom stereocenters. The summed E-state index contributed by atoms with van der Waals surface area (Å²) in [7, 11) is 0. The third-order valence-corrected chi connectivity index (χ3v) is 3.40. The van der Waals surface area contributed by atoms with Crippen LogP contribution in [0.25, 0.3) is 0 Å². The van der Waals surface area contributed by atoms with Crippen LogP contribution in [0.2, 0.25) is 0 Å². The minimum atomic E-state index is -6.52. The van der Waals surface area contributed by atoms with E-state index in [-0.39, 0.29) is 6.61 Å². The van der Waals surface area contributed by atoms with Crippen molar-refractivity contribution < 1.29 is 54.5 Å². The summed E-state index contributed by atoms with van der Waals surface area (Å²) in [6, 6.07) is 0.